The molecular formula is C32H36N4. The Hall–Kier alpha value is -4.18. The van der Waals surface area contributed by atoms with E-state index in [0.29, 0.717) is 0 Å². The number of hydrogen-bond acceptors (Lipinski definition) is 4. The summed E-state index contributed by atoms with van der Waals surface area (Å²) in [5.74, 6) is 0. The molecule has 0 bridgehead atoms. The van der Waals surface area contributed by atoms with Crippen molar-refractivity contribution in [2.24, 2.45) is 0 Å². The van der Waals surface area contributed by atoms with Crippen LogP contribution in [0.15, 0.2) is 109 Å². The zero-order chi connectivity index (χ0) is 25.7. The van der Waals surface area contributed by atoms with Crippen LogP contribution in [0.4, 0.5) is 17.1 Å². The van der Waals surface area contributed by atoms with Gasteiger partial charge in [-0.1, -0.05) is 87.7 Å². The van der Waals surface area contributed by atoms with E-state index < -0.39 is 0 Å². The molecule has 0 saturated heterocycles. The minimum absolute atomic E-state index is 0.00897. The molecular weight excluding hydrogens is 440 g/mol. The maximum Gasteiger partial charge on any atom is 0.123 e. The summed E-state index contributed by atoms with van der Waals surface area (Å²) in [6, 6.07) is 19.1. The minimum Gasteiger partial charge on any atom is -0.361 e. The summed E-state index contributed by atoms with van der Waals surface area (Å²) in [7, 11) is 0. The number of aryl methyl sites for hydroxylation is 1. The Morgan fingerprint density at radius 3 is 2.03 bits per heavy atom. The van der Waals surface area contributed by atoms with Gasteiger partial charge in [0.2, 0.25) is 0 Å². The Morgan fingerprint density at radius 1 is 0.778 bits per heavy atom. The second-order valence-electron chi connectivity index (χ2n) is 8.75. The molecule has 3 aromatic carbocycles. The Bertz CT molecular complexity index is 1340. The van der Waals surface area contributed by atoms with Crippen molar-refractivity contribution >= 4 is 33.5 Å². The van der Waals surface area contributed by atoms with Crippen LogP contribution in [0.1, 0.15) is 31.9 Å². The topological polar surface area (TPSA) is 48.1 Å². The Morgan fingerprint density at radius 2 is 1.39 bits per heavy atom. The van der Waals surface area contributed by atoms with E-state index >= 15 is 0 Å². The van der Waals surface area contributed by atoms with Crippen LogP contribution in [-0.2, 0) is 0 Å². The number of hydrogen-bond donors (Lipinski definition) is 4. The van der Waals surface area contributed by atoms with Crippen LogP contribution in [0.25, 0.3) is 16.5 Å². The number of fused-ring (bicyclic) bond motifs is 1. The molecule has 1 unspecified atom stereocenters. The van der Waals surface area contributed by atoms with Crippen molar-refractivity contribution in [1.29, 1.82) is 0 Å². The molecule has 5 rings (SSSR count). The van der Waals surface area contributed by atoms with Gasteiger partial charge < -0.3 is 21.3 Å². The average Bonchev–Trinajstić information content (AvgIpc) is 2.90. The van der Waals surface area contributed by atoms with E-state index in [0.717, 1.165) is 28.3 Å². The first kappa shape index (κ1) is 24.9. The van der Waals surface area contributed by atoms with Crippen LogP contribution in [-0.4, -0.2) is 12.3 Å². The van der Waals surface area contributed by atoms with Gasteiger partial charge in [0.25, 0.3) is 0 Å². The normalized spacial score (nSPS) is 18.0. The predicted octanol–water partition coefficient (Wildman–Crippen LogP) is 7.96. The monoisotopic (exact) mass is 476 g/mol. The van der Waals surface area contributed by atoms with Gasteiger partial charge in [0.05, 0.1) is 0 Å². The van der Waals surface area contributed by atoms with E-state index in [1.807, 2.05) is 32.1 Å². The number of rotatable bonds is 5. The standard InChI is InChI=1S/C30H30N4.C2H6/c1-5-10-23-27-19(3)11-7-14-24(27)34-30(33-23)21(6-2)18-17-20(4)29-31-25-15-8-12-22-13-9-16-26(32-29)28(22)25;1-2/h5-18,29-34H,1-2H2,3-4H3;1-2H3/b20-17+,21-18+,23-10+;. The van der Waals surface area contributed by atoms with E-state index in [9.17, 15) is 0 Å². The quantitative estimate of drug-likeness (QED) is 0.282. The highest BCUT2D eigenvalue weighted by Crippen LogP contribution is 2.36. The Balaban J connectivity index is 0.00000148. The zero-order valence-corrected chi connectivity index (χ0v) is 21.7. The summed E-state index contributed by atoms with van der Waals surface area (Å²) in [5.41, 5.74) is 9.09. The van der Waals surface area contributed by atoms with Crippen molar-refractivity contribution in [3.8, 4) is 0 Å². The van der Waals surface area contributed by atoms with Crippen molar-refractivity contribution in [3.05, 3.63) is 120 Å². The molecule has 0 aliphatic carbocycles. The van der Waals surface area contributed by atoms with E-state index in [4.69, 9.17) is 0 Å². The van der Waals surface area contributed by atoms with Gasteiger partial charge in [-0.3, -0.25) is 0 Å². The van der Waals surface area contributed by atoms with Gasteiger partial charge in [0, 0.05) is 33.7 Å². The number of benzene rings is 3. The van der Waals surface area contributed by atoms with Crippen LogP contribution < -0.4 is 21.3 Å². The summed E-state index contributed by atoms with van der Waals surface area (Å²) < 4.78 is 0. The Labute approximate surface area is 215 Å². The van der Waals surface area contributed by atoms with Crippen LogP contribution in [0.2, 0.25) is 0 Å². The first-order valence-electron chi connectivity index (χ1n) is 12.6. The molecule has 0 radical (unpaired) electrons. The van der Waals surface area contributed by atoms with Crippen molar-refractivity contribution in [1.82, 2.24) is 5.32 Å². The number of nitrogens with one attached hydrogen (secondary N) is 4. The molecule has 4 nitrogen and oxygen atoms in total. The third-order valence-corrected chi connectivity index (χ3v) is 6.49. The molecule has 0 spiro atoms. The average molecular weight is 477 g/mol. The third-order valence-electron chi connectivity index (χ3n) is 6.49. The molecule has 0 fully saturated rings. The molecule has 2 aliphatic rings. The largest absolute Gasteiger partial charge is 0.361 e. The minimum atomic E-state index is -0.0937. The zero-order valence-electron chi connectivity index (χ0n) is 21.7. The maximum absolute atomic E-state index is 4.08. The van der Waals surface area contributed by atoms with Crippen LogP contribution >= 0.6 is 0 Å². The SMILES string of the molecule is C=C/C=C1/NC(/C(C=C)=C/C=C(\C)C2Nc3cccc4cccc(c34)N2)Nc2cccc(C)c21.CC. The smallest absolute Gasteiger partial charge is 0.123 e. The summed E-state index contributed by atoms with van der Waals surface area (Å²) in [4.78, 5) is 0. The molecule has 1 atom stereocenters. The van der Waals surface area contributed by atoms with Crippen LogP contribution in [0, 0.1) is 6.92 Å². The number of anilines is 3. The van der Waals surface area contributed by atoms with Gasteiger partial charge in [-0.2, -0.15) is 0 Å². The highest BCUT2D eigenvalue weighted by atomic mass is 15.2. The molecule has 2 aliphatic heterocycles. The maximum atomic E-state index is 4.08. The summed E-state index contributed by atoms with van der Waals surface area (Å²) in [6.45, 7) is 16.2. The highest BCUT2D eigenvalue weighted by Gasteiger charge is 2.24. The molecule has 0 amide bonds. The summed E-state index contributed by atoms with van der Waals surface area (Å²) in [6.07, 6.45) is 9.94. The molecule has 4 heteroatoms. The lowest BCUT2D eigenvalue weighted by atomic mass is 9.98. The van der Waals surface area contributed by atoms with Gasteiger partial charge in [-0.15, -0.1) is 0 Å². The fourth-order valence-electron chi connectivity index (χ4n) is 4.74. The van der Waals surface area contributed by atoms with Crippen molar-refractivity contribution < 1.29 is 0 Å². The van der Waals surface area contributed by atoms with Gasteiger partial charge in [0.1, 0.15) is 12.3 Å². The fraction of sp³-hybridized carbons (Fsp3) is 0.188. The lowest BCUT2D eigenvalue weighted by Gasteiger charge is -2.33. The second-order valence-corrected chi connectivity index (χ2v) is 8.75. The lowest BCUT2D eigenvalue weighted by molar-refractivity contribution is 0.756. The lowest BCUT2D eigenvalue weighted by Crippen LogP contribution is -2.40. The summed E-state index contributed by atoms with van der Waals surface area (Å²) in [5, 5.41) is 17.0. The van der Waals surface area contributed by atoms with Gasteiger partial charge >= 0.3 is 0 Å². The van der Waals surface area contributed by atoms with Crippen LogP contribution in [0.3, 0.4) is 0 Å². The highest BCUT2D eigenvalue weighted by molar-refractivity contribution is 6.05. The first-order valence-corrected chi connectivity index (χ1v) is 12.6. The fourth-order valence-corrected chi connectivity index (χ4v) is 4.74. The molecule has 3 aromatic rings. The first-order chi connectivity index (χ1) is 17.6. The molecule has 0 saturated carbocycles. The Kier molecular flexibility index (Phi) is 7.65. The summed E-state index contributed by atoms with van der Waals surface area (Å²) >= 11 is 0. The molecule has 0 aromatic heterocycles. The second kappa shape index (κ2) is 11.0. The van der Waals surface area contributed by atoms with E-state index in [2.05, 4.69) is 115 Å². The van der Waals surface area contributed by atoms with E-state index in [-0.39, 0.29) is 12.3 Å². The van der Waals surface area contributed by atoms with Crippen molar-refractivity contribution in [3.63, 3.8) is 0 Å². The van der Waals surface area contributed by atoms with E-state index in [1.54, 1.807) is 0 Å². The van der Waals surface area contributed by atoms with Gasteiger partial charge in [-0.25, -0.2) is 0 Å². The van der Waals surface area contributed by atoms with Crippen LogP contribution in [0.5, 0.6) is 0 Å². The predicted molar refractivity (Wildman–Crippen MR) is 158 cm³/mol. The van der Waals surface area contributed by atoms with Crippen molar-refractivity contribution in [2.75, 3.05) is 16.0 Å². The molecule has 184 valence electrons. The van der Waals surface area contributed by atoms with E-state index in [1.165, 1.54) is 27.5 Å². The van der Waals surface area contributed by atoms with Gasteiger partial charge in [-0.05, 0) is 60.2 Å². The van der Waals surface area contributed by atoms with Crippen molar-refractivity contribution in [2.45, 2.75) is 40.0 Å². The number of allylic oxidation sites excluding steroid dienone is 4. The molecule has 2 heterocycles. The molecule has 4 N–H and O–H groups in total. The van der Waals surface area contributed by atoms with Gasteiger partial charge in [0.15, 0.2) is 0 Å². The molecule has 36 heavy (non-hydrogen) atoms. The third kappa shape index (κ3) is 4.80.